The zero-order valence-corrected chi connectivity index (χ0v) is 11.0. The first kappa shape index (κ1) is 13.2. The van der Waals surface area contributed by atoms with Crippen LogP contribution in [-0.4, -0.2) is 22.4 Å². The second-order valence-electron chi connectivity index (χ2n) is 4.97. The van der Waals surface area contributed by atoms with E-state index >= 15 is 0 Å². The third-order valence-corrected chi connectivity index (χ3v) is 2.66. The number of rotatable bonds is 7. The van der Waals surface area contributed by atoms with E-state index in [4.69, 9.17) is 0 Å². The molecule has 0 saturated carbocycles. The lowest BCUT2D eigenvalue weighted by atomic mass is 10.00. The van der Waals surface area contributed by atoms with Gasteiger partial charge in [0, 0.05) is 25.7 Å². The molecule has 3 heteroatoms. The fourth-order valence-electron chi connectivity index (χ4n) is 1.98. The molecule has 0 amide bonds. The van der Waals surface area contributed by atoms with Gasteiger partial charge in [-0.25, -0.2) is 0 Å². The maximum Gasteiger partial charge on any atom is 0.0640 e. The fourth-order valence-corrected chi connectivity index (χ4v) is 1.98. The summed E-state index contributed by atoms with van der Waals surface area (Å²) in [5.41, 5.74) is 1.19. The van der Waals surface area contributed by atoms with Gasteiger partial charge in [-0.3, -0.25) is 4.68 Å². The van der Waals surface area contributed by atoms with Crippen LogP contribution in [0, 0.1) is 5.92 Å². The number of nitrogens with one attached hydrogen (secondary N) is 1. The minimum atomic E-state index is 0.565. The molecule has 0 aromatic carbocycles. The van der Waals surface area contributed by atoms with Crippen LogP contribution >= 0.6 is 0 Å². The summed E-state index contributed by atoms with van der Waals surface area (Å²) in [5.74, 6) is 0.734. The van der Waals surface area contributed by atoms with Crippen LogP contribution in [0.5, 0.6) is 0 Å². The first-order chi connectivity index (χ1) is 7.61. The summed E-state index contributed by atoms with van der Waals surface area (Å²) in [7, 11) is 1.97. The minimum Gasteiger partial charge on any atom is -0.314 e. The van der Waals surface area contributed by atoms with E-state index in [0.717, 1.165) is 18.9 Å². The molecule has 1 aromatic rings. The predicted octanol–water partition coefficient (Wildman–Crippen LogP) is 2.38. The van der Waals surface area contributed by atoms with E-state index in [1.54, 1.807) is 0 Å². The molecule has 1 unspecified atom stereocenters. The largest absolute Gasteiger partial charge is 0.314 e. The Bertz CT molecular complexity index is 291. The Balaban J connectivity index is 2.48. The van der Waals surface area contributed by atoms with Crippen molar-refractivity contribution in [2.45, 2.75) is 46.1 Å². The van der Waals surface area contributed by atoms with Gasteiger partial charge in [-0.1, -0.05) is 20.8 Å². The standard InChI is InChI=1S/C13H25N3/c1-5-7-14-13(9-11(2)3)10-12-6-8-16(4)15-12/h6,8,11,13-14H,5,7,9-10H2,1-4H3. The molecule has 1 rings (SSSR count). The van der Waals surface area contributed by atoms with E-state index < -0.39 is 0 Å². The molecule has 0 bridgehead atoms. The molecule has 0 saturated heterocycles. The highest BCUT2D eigenvalue weighted by atomic mass is 15.2. The maximum absolute atomic E-state index is 4.44. The Labute approximate surface area is 99.2 Å². The SMILES string of the molecule is CCCNC(Cc1ccn(C)n1)CC(C)C. The molecule has 0 spiro atoms. The Kier molecular flexibility index (Phi) is 5.53. The third-order valence-electron chi connectivity index (χ3n) is 2.66. The van der Waals surface area contributed by atoms with E-state index in [1.165, 1.54) is 18.5 Å². The highest BCUT2D eigenvalue weighted by Crippen LogP contribution is 2.09. The Morgan fingerprint density at radius 1 is 1.44 bits per heavy atom. The quantitative estimate of drug-likeness (QED) is 0.769. The first-order valence-corrected chi connectivity index (χ1v) is 6.33. The van der Waals surface area contributed by atoms with Crippen molar-refractivity contribution in [3.63, 3.8) is 0 Å². The lowest BCUT2D eigenvalue weighted by Crippen LogP contribution is -2.33. The van der Waals surface area contributed by atoms with Crippen molar-refractivity contribution in [2.24, 2.45) is 13.0 Å². The van der Waals surface area contributed by atoms with Gasteiger partial charge >= 0.3 is 0 Å². The predicted molar refractivity (Wildman–Crippen MR) is 68.4 cm³/mol. The van der Waals surface area contributed by atoms with Gasteiger partial charge in [0.05, 0.1) is 5.69 Å². The number of aromatic nitrogens is 2. The summed E-state index contributed by atoms with van der Waals surface area (Å²) < 4.78 is 1.88. The topological polar surface area (TPSA) is 29.9 Å². The van der Waals surface area contributed by atoms with Crippen molar-refractivity contribution in [3.8, 4) is 0 Å². The van der Waals surface area contributed by atoms with Crippen LogP contribution in [0.1, 0.15) is 39.3 Å². The van der Waals surface area contributed by atoms with Gasteiger partial charge in [-0.2, -0.15) is 5.10 Å². The summed E-state index contributed by atoms with van der Waals surface area (Å²) in [5, 5.41) is 8.05. The van der Waals surface area contributed by atoms with Crippen molar-refractivity contribution in [1.82, 2.24) is 15.1 Å². The van der Waals surface area contributed by atoms with Crippen molar-refractivity contribution >= 4 is 0 Å². The lowest BCUT2D eigenvalue weighted by molar-refractivity contribution is 0.413. The summed E-state index contributed by atoms with van der Waals surface area (Å²) in [6.45, 7) is 7.86. The molecule has 1 N–H and O–H groups in total. The smallest absolute Gasteiger partial charge is 0.0640 e. The molecule has 0 aliphatic heterocycles. The van der Waals surface area contributed by atoms with E-state index in [2.05, 4.69) is 37.3 Å². The van der Waals surface area contributed by atoms with Crippen molar-refractivity contribution in [2.75, 3.05) is 6.54 Å². The van der Waals surface area contributed by atoms with Crippen LogP contribution in [-0.2, 0) is 13.5 Å². The number of aryl methyl sites for hydroxylation is 1. The van der Waals surface area contributed by atoms with Gasteiger partial charge in [0.25, 0.3) is 0 Å². The van der Waals surface area contributed by atoms with Crippen molar-refractivity contribution in [3.05, 3.63) is 18.0 Å². The molecule has 0 aliphatic rings. The van der Waals surface area contributed by atoms with Gasteiger partial charge in [0.15, 0.2) is 0 Å². The Hall–Kier alpha value is -0.830. The lowest BCUT2D eigenvalue weighted by Gasteiger charge is -2.19. The van der Waals surface area contributed by atoms with Gasteiger partial charge < -0.3 is 5.32 Å². The Morgan fingerprint density at radius 3 is 2.69 bits per heavy atom. The van der Waals surface area contributed by atoms with Crippen LogP contribution in [0.3, 0.4) is 0 Å². The van der Waals surface area contributed by atoms with Crippen LogP contribution in [0.15, 0.2) is 12.3 Å². The molecule has 92 valence electrons. The molecule has 3 nitrogen and oxygen atoms in total. The Morgan fingerprint density at radius 2 is 2.19 bits per heavy atom. The first-order valence-electron chi connectivity index (χ1n) is 6.33. The summed E-state index contributed by atoms with van der Waals surface area (Å²) in [4.78, 5) is 0. The molecule has 0 aliphatic carbocycles. The van der Waals surface area contributed by atoms with Gasteiger partial charge in [0.2, 0.25) is 0 Å². The normalized spacial score (nSPS) is 13.3. The molecule has 1 atom stereocenters. The van der Waals surface area contributed by atoms with Crippen molar-refractivity contribution < 1.29 is 0 Å². The average Bonchev–Trinajstić information content (AvgIpc) is 2.59. The molecule has 0 radical (unpaired) electrons. The molecular weight excluding hydrogens is 198 g/mol. The zero-order valence-electron chi connectivity index (χ0n) is 11.0. The number of nitrogens with zero attached hydrogens (tertiary/aromatic N) is 2. The molecular formula is C13H25N3. The summed E-state index contributed by atoms with van der Waals surface area (Å²) in [6, 6.07) is 2.68. The zero-order chi connectivity index (χ0) is 12.0. The highest BCUT2D eigenvalue weighted by molar-refractivity contribution is 5.01. The third kappa shape index (κ3) is 4.79. The van der Waals surface area contributed by atoms with Crippen molar-refractivity contribution in [1.29, 1.82) is 0 Å². The number of hydrogen-bond acceptors (Lipinski definition) is 2. The maximum atomic E-state index is 4.44. The van der Waals surface area contributed by atoms with Crippen LogP contribution in [0.2, 0.25) is 0 Å². The van der Waals surface area contributed by atoms with E-state index in [1.807, 2.05) is 17.9 Å². The molecule has 1 aromatic heterocycles. The highest BCUT2D eigenvalue weighted by Gasteiger charge is 2.12. The second-order valence-corrected chi connectivity index (χ2v) is 4.97. The van der Waals surface area contributed by atoms with E-state index in [0.29, 0.717) is 6.04 Å². The van der Waals surface area contributed by atoms with Gasteiger partial charge in [-0.15, -0.1) is 0 Å². The molecule has 16 heavy (non-hydrogen) atoms. The summed E-state index contributed by atoms with van der Waals surface area (Å²) in [6.07, 6.45) is 5.47. The number of hydrogen-bond donors (Lipinski definition) is 1. The van der Waals surface area contributed by atoms with Crippen LogP contribution in [0.25, 0.3) is 0 Å². The second kappa shape index (κ2) is 6.69. The molecule has 1 heterocycles. The average molecular weight is 223 g/mol. The van der Waals surface area contributed by atoms with E-state index in [9.17, 15) is 0 Å². The monoisotopic (exact) mass is 223 g/mol. The van der Waals surface area contributed by atoms with Crippen LogP contribution < -0.4 is 5.32 Å². The van der Waals surface area contributed by atoms with Gasteiger partial charge in [0.1, 0.15) is 0 Å². The minimum absolute atomic E-state index is 0.565. The van der Waals surface area contributed by atoms with Gasteiger partial charge in [-0.05, 0) is 31.4 Å². The molecule has 0 fully saturated rings. The van der Waals surface area contributed by atoms with Crippen LogP contribution in [0.4, 0.5) is 0 Å². The fraction of sp³-hybridized carbons (Fsp3) is 0.769. The van der Waals surface area contributed by atoms with E-state index in [-0.39, 0.29) is 0 Å². The summed E-state index contributed by atoms with van der Waals surface area (Å²) >= 11 is 0.